The number of nitrogens with zero attached hydrogens (tertiary/aromatic N) is 4. The van der Waals surface area contributed by atoms with Crippen LogP contribution in [0.1, 0.15) is 32.3 Å². The number of rotatable bonds is 5. The Labute approximate surface area is 157 Å². The summed E-state index contributed by atoms with van der Waals surface area (Å²) in [6.07, 6.45) is 2.61. The van der Waals surface area contributed by atoms with Crippen molar-refractivity contribution in [3.8, 4) is 0 Å². The topological polar surface area (TPSA) is 88.8 Å². The molecule has 3 rings (SSSR count). The number of hydrogen-bond acceptors (Lipinski definition) is 5. The zero-order valence-corrected chi connectivity index (χ0v) is 15.7. The lowest BCUT2D eigenvalue weighted by Gasteiger charge is -2.29. The van der Waals surface area contributed by atoms with Crippen molar-refractivity contribution >= 4 is 29.0 Å². The number of benzene rings is 1. The van der Waals surface area contributed by atoms with E-state index in [-0.39, 0.29) is 11.8 Å². The monoisotopic (exact) mass is 369 g/mol. The molecule has 1 fully saturated rings. The van der Waals surface area contributed by atoms with Gasteiger partial charge in [-0.2, -0.15) is 5.10 Å². The lowest BCUT2D eigenvalue weighted by molar-refractivity contribution is -0.132. The fourth-order valence-electron chi connectivity index (χ4n) is 2.93. The highest BCUT2D eigenvalue weighted by Crippen LogP contribution is 2.21. The van der Waals surface area contributed by atoms with E-state index in [9.17, 15) is 9.59 Å². The average Bonchev–Trinajstić information content (AvgIpc) is 3.06. The van der Waals surface area contributed by atoms with Crippen molar-refractivity contribution in [1.29, 1.82) is 0 Å². The van der Waals surface area contributed by atoms with Gasteiger partial charge in [0.15, 0.2) is 5.82 Å². The summed E-state index contributed by atoms with van der Waals surface area (Å²) in [6, 6.07) is 9.12. The Morgan fingerprint density at radius 2 is 2.15 bits per heavy atom. The molecule has 1 unspecified atom stereocenters. The molecule has 0 spiro atoms. The maximum Gasteiger partial charge on any atom is 0.272 e. The van der Waals surface area contributed by atoms with Crippen LogP contribution in [0.2, 0.25) is 0 Å². The van der Waals surface area contributed by atoms with Crippen LogP contribution in [0.3, 0.4) is 0 Å². The van der Waals surface area contributed by atoms with E-state index in [4.69, 9.17) is 4.84 Å². The van der Waals surface area contributed by atoms with E-state index in [1.165, 1.54) is 6.92 Å². The lowest BCUT2D eigenvalue weighted by Crippen LogP contribution is -2.45. The number of amides is 2. The normalized spacial score (nSPS) is 17.7. The zero-order chi connectivity index (χ0) is 19.4. The molecule has 2 amide bonds. The second-order valence-electron chi connectivity index (χ2n) is 6.51. The van der Waals surface area contributed by atoms with Gasteiger partial charge in [-0.1, -0.05) is 17.3 Å². The quantitative estimate of drug-likeness (QED) is 0.647. The highest BCUT2D eigenvalue weighted by atomic mass is 16.6. The first-order valence-electron chi connectivity index (χ1n) is 8.83. The molecule has 8 heteroatoms. The third-order valence-electron chi connectivity index (χ3n) is 4.28. The van der Waals surface area contributed by atoms with Crippen LogP contribution in [-0.4, -0.2) is 40.0 Å². The number of piperidine rings is 1. The minimum Gasteiger partial charge on any atom is -0.382 e. The van der Waals surface area contributed by atoms with Gasteiger partial charge in [-0.05, 0) is 31.9 Å². The molecule has 0 saturated carbocycles. The molecule has 1 aromatic heterocycles. The summed E-state index contributed by atoms with van der Waals surface area (Å²) >= 11 is 0. The largest absolute Gasteiger partial charge is 0.382 e. The third-order valence-corrected chi connectivity index (χ3v) is 4.28. The molecule has 2 heterocycles. The first-order valence-corrected chi connectivity index (χ1v) is 8.83. The SMILES string of the molecule is CC(=O)Nc1cccc(C(C)=NOC2CCCN(c3ccn(C)n3)C2=O)c1. The Morgan fingerprint density at radius 1 is 1.33 bits per heavy atom. The molecule has 2 aromatic rings. The van der Waals surface area contributed by atoms with Crippen molar-refractivity contribution in [2.45, 2.75) is 32.8 Å². The molecule has 0 aliphatic carbocycles. The van der Waals surface area contributed by atoms with E-state index in [2.05, 4.69) is 15.6 Å². The average molecular weight is 369 g/mol. The van der Waals surface area contributed by atoms with Gasteiger partial charge in [0.1, 0.15) is 0 Å². The molecule has 0 radical (unpaired) electrons. The van der Waals surface area contributed by atoms with Gasteiger partial charge in [0.05, 0.1) is 5.71 Å². The molecule has 1 N–H and O–H groups in total. The standard InChI is InChI=1S/C19H23N5O3/c1-13(15-6-4-7-16(12-15)20-14(2)25)22-27-17-8-5-10-24(19(17)26)18-9-11-23(3)21-18/h4,6-7,9,11-12,17H,5,8,10H2,1-3H3,(H,20,25). The summed E-state index contributed by atoms with van der Waals surface area (Å²) in [4.78, 5) is 31.1. The van der Waals surface area contributed by atoms with E-state index in [1.54, 1.807) is 28.8 Å². The van der Waals surface area contributed by atoms with Crippen LogP contribution in [0.5, 0.6) is 0 Å². The predicted octanol–water partition coefficient (Wildman–Crippen LogP) is 2.31. The van der Waals surface area contributed by atoms with Crippen LogP contribution >= 0.6 is 0 Å². The maximum absolute atomic E-state index is 12.7. The first-order chi connectivity index (χ1) is 12.9. The van der Waals surface area contributed by atoms with Crippen molar-refractivity contribution in [2.24, 2.45) is 12.2 Å². The summed E-state index contributed by atoms with van der Waals surface area (Å²) in [5.41, 5.74) is 2.13. The van der Waals surface area contributed by atoms with Crippen molar-refractivity contribution < 1.29 is 14.4 Å². The minimum absolute atomic E-state index is 0.136. The first kappa shape index (κ1) is 18.6. The number of oxime groups is 1. The molecule has 1 aromatic carbocycles. The fourth-order valence-corrected chi connectivity index (χ4v) is 2.93. The molecule has 1 atom stereocenters. The minimum atomic E-state index is -0.630. The molecular formula is C19H23N5O3. The van der Waals surface area contributed by atoms with Crippen LogP contribution in [0.15, 0.2) is 41.7 Å². The molecule has 0 bridgehead atoms. The van der Waals surface area contributed by atoms with E-state index >= 15 is 0 Å². The van der Waals surface area contributed by atoms with Crippen LogP contribution in [0.4, 0.5) is 11.5 Å². The lowest BCUT2D eigenvalue weighted by atomic mass is 10.1. The maximum atomic E-state index is 12.7. The third kappa shape index (κ3) is 4.52. The Bertz CT molecular complexity index is 874. The second-order valence-corrected chi connectivity index (χ2v) is 6.51. The summed E-state index contributed by atoms with van der Waals surface area (Å²) in [6.45, 7) is 3.88. The number of carbonyl (C=O) groups excluding carboxylic acids is 2. The highest BCUT2D eigenvalue weighted by molar-refractivity contribution is 6.00. The van der Waals surface area contributed by atoms with Gasteiger partial charge in [0.25, 0.3) is 5.91 Å². The molecule has 8 nitrogen and oxygen atoms in total. The summed E-state index contributed by atoms with van der Waals surface area (Å²) in [5.74, 6) is 0.350. The van der Waals surface area contributed by atoms with Crippen molar-refractivity contribution in [1.82, 2.24) is 9.78 Å². The van der Waals surface area contributed by atoms with Gasteiger partial charge < -0.3 is 10.2 Å². The Morgan fingerprint density at radius 3 is 2.85 bits per heavy atom. The van der Waals surface area contributed by atoms with Gasteiger partial charge in [-0.3, -0.25) is 19.2 Å². The molecule has 27 heavy (non-hydrogen) atoms. The molecular weight excluding hydrogens is 346 g/mol. The Kier molecular flexibility index (Phi) is 5.54. The Hall–Kier alpha value is -3.16. The van der Waals surface area contributed by atoms with Crippen LogP contribution in [0, 0.1) is 0 Å². The number of nitrogens with one attached hydrogen (secondary N) is 1. The van der Waals surface area contributed by atoms with Crippen molar-refractivity contribution in [2.75, 3.05) is 16.8 Å². The Balaban J connectivity index is 1.69. The summed E-state index contributed by atoms with van der Waals surface area (Å²) < 4.78 is 1.66. The van der Waals surface area contributed by atoms with Crippen molar-refractivity contribution in [3.05, 3.63) is 42.1 Å². The second kappa shape index (κ2) is 8.03. The van der Waals surface area contributed by atoms with Gasteiger partial charge in [-0.25, -0.2) is 0 Å². The number of aryl methyl sites for hydroxylation is 1. The van der Waals surface area contributed by atoms with Crippen LogP contribution < -0.4 is 10.2 Å². The number of hydrogen-bond donors (Lipinski definition) is 1. The van der Waals surface area contributed by atoms with E-state index in [1.807, 2.05) is 31.3 Å². The van der Waals surface area contributed by atoms with E-state index in [0.717, 1.165) is 12.0 Å². The number of aromatic nitrogens is 2. The van der Waals surface area contributed by atoms with Gasteiger partial charge in [-0.15, -0.1) is 0 Å². The van der Waals surface area contributed by atoms with Gasteiger partial charge in [0, 0.05) is 44.0 Å². The van der Waals surface area contributed by atoms with Gasteiger partial charge in [0.2, 0.25) is 12.0 Å². The van der Waals surface area contributed by atoms with Crippen LogP contribution in [0.25, 0.3) is 0 Å². The summed E-state index contributed by atoms with van der Waals surface area (Å²) in [7, 11) is 1.81. The van der Waals surface area contributed by atoms with E-state index < -0.39 is 6.10 Å². The molecule has 142 valence electrons. The molecule has 1 aliphatic rings. The smallest absolute Gasteiger partial charge is 0.272 e. The highest BCUT2D eigenvalue weighted by Gasteiger charge is 2.32. The number of anilines is 2. The molecule has 1 aliphatic heterocycles. The van der Waals surface area contributed by atoms with Gasteiger partial charge >= 0.3 is 0 Å². The van der Waals surface area contributed by atoms with Crippen LogP contribution in [-0.2, 0) is 21.5 Å². The number of carbonyl (C=O) groups is 2. The summed E-state index contributed by atoms with van der Waals surface area (Å²) in [5, 5.41) is 11.2. The zero-order valence-electron chi connectivity index (χ0n) is 15.7. The molecule has 1 saturated heterocycles. The fraction of sp³-hybridized carbons (Fsp3) is 0.368. The predicted molar refractivity (Wildman–Crippen MR) is 103 cm³/mol. The van der Waals surface area contributed by atoms with E-state index in [0.29, 0.717) is 30.2 Å². The van der Waals surface area contributed by atoms with Crippen molar-refractivity contribution in [3.63, 3.8) is 0 Å².